The monoisotopic (exact) mass is 303 g/mol. The highest BCUT2D eigenvalue weighted by Crippen LogP contribution is 2.33. The lowest BCUT2D eigenvalue weighted by molar-refractivity contribution is -0.122. The van der Waals surface area contributed by atoms with E-state index in [1.54, 1.807) is 19.1 Å². The van der Waals surface area contributed by atoms with Crippen LogP contribution in [0.2, 0.25) is 10.0 Å². The van der Waals surface area contributed by atoms with E-state index in [2.05, 4.69) is 10.6 Å². The Morgan fingerprint density at radius 1 is 1.26 bits per heavy atom. The van der Waals surface area contributed by atoms with E-state index < -0.39 is 6.04 Å². The van der Waals surface area contributed by atoms with E-state index in [1.165, 1.54) is 0 Å². The number of carbonyl (C=O) groups is 1. The molecule has 4 nitrogen and oxygen atoms in total. The van der Waals surface area contributed by atoms with Crippen LogP contribution in [0.25, 0.3) is 0 Å². The molecule has 1 atom stereocenters. The van der Waals surface area contributed by atoms with Gasteiger partial charge in [0.05, 0.1) is 15.7 Å². The maximum absolute atomic E-state index is 12.0. The van der Waals surface area contributed by atoms with Gasteiger partial charge in [-0.1, -0.05) is 23.2 Å². The fourth-order valence-electron chi connectivity index (χ4n) is 1.49. The normalized spacial score (nSPS) is 12.9. The first-order valence-corrected chi connectivity index (χ1v) is 6.69. The highest BCUT2D eigenvalue weighted by atomic mass is 35.5. The third kappa shape index (κ3) is 4.80. The maximum Gasteiger partial charge on any atom is 0.242 e. The van der Waals surface area contributed by atoms with Crippen molar-refractivity contribution in [2.45, 2.75) is 39.3 Å². The molecule has 0 saturated heterocycles. The molecule has 0 radical (unpaired) electrons. The van der Waals surface area contributed by atoms with Crippen LogP contribution in [-0.2, 0) is 4.79 Å². The van der Waals surface area contributed by atoms with E-state index in [9.17, 15) is 4.79 Å². The first-order chi connectivity index (χ1) is 8.60. The number of anilines is 2. The number of nitrogens with two attached hydrogens (primary N) is 1. The van der Waals surface area contributed by atoms with E-state index >= 15 is 0 Å². The van der Waals surface area contributed by atoms with Gasteiger partial charge in [0.25, 0.3) is 0 Å². The number of benzene rings is 1. The minimum atomic E-state index is -0.460. The summed E-state index contributed by atoms with van der Waals surface area (Å²) in [6, 6.07) is 2.71. The molecule has 1 aromatic rings. The summed E-state index contributed by atoms with van der Waals surface area (Å²) in [4.78, 5) is 12.0. The van der Waals surface area contributed by atoms with Crippen molar-refractivity contribution in [2.24, 2.45) is 0 Å². The van der Waals surface area contributed by atoms with Crippen molar-refractivity contribution in [3.63, 3.8) is 0 Å². The van der Waals surface area contributed by atoms with E-state index in [-0.39, 0.29) is 11.4 Å². The average molecular weight is 304 g/mol. The van der Waals surface area contributed by atoms with Gasteiger partial charge >= 0.3 is 0 Å². The second-order valence-corrected chi connectivity index (χ2v) is 6.28. The molecule has 0 saturated carbocycles. The van der Waals surface area contributed by atoms with E-state index in [0.717, 1.165) is 0 Å². The highest BCUT2D eigenvalue weighted by Gasteiger charge is 2.20. The zero-order valence-electron chi connectivity index (χ0n) is 11.5. The lowest BCUT2D eigenvalue weighted by Gasteiger charge is -2.24. The fraction of sp³-hybridized carbons (Fsp3) is 0.462. The molecule has 0 aromatic heterocycles. The molecule has 1 amide bonds. The van der Waals surface area contributed by atoms with Gasteiger partial charge in [0.1, 0.15) is 6.04 Å². The summed E-state index contributed by atoms with van der Waals surface area (Å²) in [6.45, 7) is 7.49. The fourth-order valence-corrected chi connectivity index (χ4v) is 2.10. The highest BCUT2D eigenvalue weighted by molar-refractivity contribution is 6.39. The van der Waals surface area contributed by atoms with Crippen molar-refractivity contribution in [2.75, 3.05) is 11.1 Å². The molecule has 0 spiro atoms. The third-order valence-electron chi connectivity index (χ3n) is 2.32. The summed E-state index contributed by atoms with van der Waals surface area (Å²) in [5.41, 5.74) is 6.32. The second kappa shape index (κ2) is 5.88. The Morgan fingerprint density at radius 2 is 1.74 bits per heavy atom. The molecule has 1 unspecified atom stereocenters. The van der Waals surface area contributed by atoms with Crippen LogP contribution in [0, 0.1) is 0 Å². The van der Waals surface area contributed by atoms with Gasteiger partial charge in [0.2, 0.25) is 5.91 Å². The number of rotatable bonds is 3. The quantitative estimate of drug-likeness (QED) is 0.751. The molecule has 0 aliphatic carbocycles. The number of amides is 1. The Labute approximate surface area is 123 Å². The second-order valence-electron chi connectivity index (χ2n) is 5.46. The first kappa shape index (κ1) is 15.9. The van der Waals surface area contributed by atoms with E-state index in [4.69, 9.17) is 28.9 Å². The van der Waals surface area contributed by atoms with Crippen LogP contribution in [0.3, 0.4) is 0 Å². The van der Waals surface area contributed by atoms with Crippen molar-refractivity contribution >= 4 is 40.5 Å². The van der Waals surface area contributed by atoms with Crippen LogP contribution in [0.15, 0.2) is 12.1 Å². The molecule has 4 N–H and O–H groups in total. The molecule has 0 aliphatic rings. The Morgan fingerprint density at radius 3 is 2.16 bits per heavy atom. The summed E-state index contributed by atoms with van der Waals surface area (Å²) in [6.07, 6.45) is 0. The van der Waals surface area contributed by atoms with Gasteiger partial charge in [-0.25, -0.2) is 0 Å². The summed E-state index contributed by atoms with van der Waals surface area (Å²) in [5, 5.41) is 6.65. The van der Waals surface area contributed by atoms with Gasteiger partial charge < -0.3 is 16.4 Å². The molecular formula is C13H19Cl2N3O. The minimum Gasteiger partial charge on any atom is -0.399 e. The van der Waals surface area contributed by atoms with Crippen LogP contribution in [0.1, 0.15) is 27.7 Å². The van der Waals surface area contributed by atoms with Crippen molar-refractivity contribution in [3.05, 3.63) is 22.2 Å². The summed E-state index contributed by atoms with van der Waals surface area (Å²) < 4.78 is 0. The molecule has 1 rings (SSSR count). The van der Waals surface area contributed by atoms with Crippen LogP contribution >= 0.6 is 23.2 Å². The Bertz CT molecular complexity index is 460. The van der Waals surface area contributed by atoms with Crippen LogP contribution in [0.4, 0.5) is 11.4 Å². The zero-order chi connectivity index (χ0) is 14.8. The molecular weight excluding hydrogens is 285 g/mol. The molecule has 6 heteroatoms. The predicted octanol–water partition coefficient (Wildman–Crippen LogP) is 3.29. The number of hydrogen-bond donors (Lipinski definition) is 3. The Kier molecular flexibility index (Phi) is 4.93. The molecule has 0 fully saturated rings. The summed E-state index contributed by atoms with van der Waals surface area (Å²) >= 11 is 12.1. The van der Waals surface area contributed by atoms with E-state index in [1.807, 2.05) is 20.8 Å². The zero-order valence-corrected chi connectivity index (χ0v) is 13.0. The van der Waals surface area contributed by atoms with Crippen LogP contribution in [0.5, 0.6) is 0 Å². The van der Waals surface area contributed by atoms with E-state index in [0.29, 0.717) is 21.4 Å². The molecule has 0 bridgehead atoms. The summed E-state index contributed by atoms with van der Waals surface area (Å²) in [7, 11) is 0. The lowest BCUT2D eigenvalue weighted by atomic mass is 10.1. The van der Waals surface area contributed by atoms with Crippen molar-refractivity contribution in [1.29, 1.82) is 0 Å². The lowest BCUT2D eigenvalue weighted by Crippen LogP contribution is -2.47. The molecule has 1 aromatic carbocycles. The van der Waals surface area contributed by atoms with Gasteiger partial charge in [-0.2, -0.15) is 0 Å². The summed E-state index contributed by atoms with van der Waals surface area (Å²) in [5.74, 6) is -0.128. The number of carbonyl (C=O) groups excluding carboxylic acids is 1. The predicted molar refractivity (Wildman–Crippen MR) is 81.9 cm³/mol. The molecule has 0 aliphatic heterocycles. The Hall–Kier alpha value is -1.13. The Balaban J connectivity index is 2.83. The standard InChI is InChI=1S/C13H19Cl2N3O/c1-7(12(19)18-13(2,3)4)17-11-9(14)5-8(16)6-10(11)15/h5-7,17H,16H2,1-4H3,(H,18,19). The van der Waals surface area contributed by atoms with Crippen molar-refractivity contribution in [1.82, 2.24) is 5.32 Å². The number of halogens is 2. The third-order valence-corrected chi connectivity index (χ3v) is 2.91. The minimum absolute atomic E-state index is 0.128. The largest absolute Gasteiger partial charge is 0.399 e. The van der Waals surface area contributed by atoms with Gasteiger partial charge in [-0.15, -0.1) is 0 Å². The molecule has 19 heavy (non-hydrogen) atoms. The maximum atomic E-state index is 12.0. The van der Waals surface area contributed by atoms with Gasteiger partial charge in [0.15, 0.2) is 0 Å². The van der Waals surface area contributed by atoms with Gasteiger partial charge in [0, 0.05) is 11.2 Å². The smallest absolute Gasteiger partial charge is 0.242 e. The molecule has 0 heterocycles. The van der Waals surface area contributed by atoms with Crippen molar-refractivity contribution < 1.29 is 4.79 Å². The molecule has 106 valence electrons. The van der Waals surface area contributed by atoms with Crippen molar-refractivity contribution in [3.8, 4) is 0 Å². The SMILES string of the molecule is CC(Nc1c(Cl)cc(N)cc1Cl)C(=O)NC(C)(C)C. The number of hydrogen-bond acceptors (Lipinski definition) is 3. The van der Waals surface area contributed by atoms with Crippen LogP contribution in [-0.4, -0.2) is 17.5 Å². The van der Waals surface area contributed by atoms with Crippen LogP contribution < -0.4 is 16.4 Å². The average Bonchev–Trinajstić information content (AvgIpc) is 2.20. The number of nitrogen functional groups attached to an aromatic ring is 1. The van der Waals surface area contributed by atoms with Gasteiger partial charge in [-0.3, -0.25) is 4.79 Å². The topological polar surface area (TPSA) is 67.1 Å². The number of nitrogens with one attached hydrogen (secondary N) is 2. The first-order valence-electron chi connectivity index (χ1n) is 5.93. The van der Waals surface area contributed by atoms with Gasteiger partial charge in [-0.05, 0) is 39.8 Å².